The lowest BCUT2D eigenvalue weighted by molar-refractivity contribution is 0.158. The van der Waals surface area contributed by atoms with Gasteiger partial charge < -0.3 is 10.5 Å². The van der Waals surface area contributed by atoms with Crippen molar-refractivity contribution in [3.05, 3.63) is 47.3 Å². The Morgan fingerprint density at radius 3 is 3.00 bits per heavy atom. The van der Waals surface area contributed by atoms with E-state index in [9.17, 15) is 4.79 Å². The van der Waals surface area contributed by atoms with Gasteiger partial charge in [0.1, 0.15) is 0 Å². The third-order valence-electron chi connectivity index (χ3n) is 2.68. The Kier molecular flexibility index (Phi) is 4.02. The molecule has 2 aromatic rings. The molecular weight excluding hydrogens is 264 g/mol. The van der Waals surface area contributed by atoms with Gasteiger partial charge in [0.15, 0.2) is 0 Å². The second-order valence-corrected chi connectivity index (χ2v) is 4.37. The maximum atomic E-state index is 10.5. The monoisotopic (exact) mass is 276 g/mol. The molecule has 19 heavy (non-hydrogen) atoms. The molecule has 0 atom stereocenters. The van der Waals surface area contributed by atoms with Crippen LogP contribution in [-0.4, -0.2) is 17.7 Å². The van der Waals surface area contributed by atoms with Crippen LogP contribution in [0.15, 0.2) is 30.8 Å². The molecule has 0 saturated carbocycles. The Labute approximate surface area is 115 Å². The predicted molar refractivity (Wildman–Crippen MR) is 76.1 cm³/mol. The maximum absolute atomic E-state index is 10.5. The summed E-state index contributed by atoms with van der Waals surface area (Å²) in [6.45, 7) is 3.94. The molecule has 1 aromatic heterocycles. The van der Waals surface area contributed by atoms with Gasteiger partial charge in [-0.2, -0.15) is 0 Å². The van der Waals surface area contributed by atoms with Crippen LogP contribution in [0.1, 0.15) is 11.4 Å². The first kappa shape index (κ1) is 13.4. The van der Waals surface area contributed by atoms with Crippen LogP contribution in [0.2, 0.25) is 5.02 Å². The van der Waals surface area contributed by atoms with E-state index in [0.717, 1.165) is 22.2 Å². The largest absolute Gasteiger partial charge is 0.449 e. The van der Waals surface area contributed by atoms with E-state index in [2.05, 4.69) is 11.6 Å². The van der Waals surface area contributed by atoms with Crippen molar-refractivity contribution in [2.24, 2.45) is 5.73 Å². The van der Waals surface area contributed by atoms with Crippen molar-refractivity contribution >= 4 is 34.5 Å². The molecule has 0 unspecified atom stereocenters. The second kappa shape index (κ2) is 5.71. The Balaban J connectivity index is 2.37. The van der Waals surface area contributed by atoms with Crippen molar-refractivity contribution in [3.8, 4) is 0 Å². The van der Waals surface area contributed by atoms with Gasteiger partial charge in [-0.1, -0.05) is 30.3 Å². The molecule has 0 radical (unpaired) electrons. The number of carbonyl (C=O) groups excluding carboxylic acids is 1. The molecule has 0 aliphatic heterocycles. The lowest BCUT2D eigenvalue weighted by Crippen LogP contribution is -2.15. The summed E-state index contributed by atoms with van der Waals surface area (Å²) in [5.41, 5.74) is 6.42. The van der Waals surface area contributed by atoms with Crippen molar-refractivity contribution in [3.63, 3.8) is 0 Å². The summed E-state index contributed by atoms with van der Waals surface area (Å²) >= 11 is 6.17. The van der Waals surface area contributed by atoms with Crippen molar-refractivity contribution in [1.29, 1.82) is 0 Å². The summed E-state index contributed by atoms with van der Waals surface area (Å²) in [6, 6.07) is 7.56. The van der Waals surface area contributed by atoms with Gasteiger partial charge in [0, 0.05) is 17.5 Å². The lowest BCUT2D eigenvalue weighted by Gasteiger charge is -2.08. The molecule has 5 heteroatoms. The van der Waals surface area contributed by atoms with E-state index in [1.165, 1.54) is 0 Å². The highest BCUT2D eigenvalue weighted by Gasteiger charge is 2.07. The van der Waals surface area contributed by atoms with Gasteiger partial charge in [0.25, 0.3) is 0 Å². The Bertz CT molecular complexity index is 641. The van der Waals surface area contributed by atoms with E-state index >= 15 is 0 Å². The minimum Gasteiger partial charge on any atom is -0.449 e. The third kappa shape index (κ3) is 3.03. The van der Waals surface area contributed by atoms with Gasteiger partial charge in [-0.15, -0.1) is 0 Å². The number of hydrogen-bond acceptors (Lipinski definition) is 3. The number of nitrogens with two attached hydrogens (primary N) is 1. The van der Waals surface area contributed by atoms with Gasteiger partial charge in [-0.25, -0.2) is 4.79 Å². The van der Waals surface area contributed by atoms with E-state index in [4.69, 9.17) is 22.1 Å². The fourth-order valence-electron chi connectivity index (χ4n) is 1.89. The van der Waals surface area contributed by atoms with Crippen LogP contribution in [0.5, 0.6) is 0 Å². The molecule has 4 nitrogen and oxygen atoms in total. The van der Waals surface area contributed by atoms with E-state index in [1.807, 2.05) is 24.3 Å². The van der Waals surface area contributed by atoms with E-state index < -0.39 is 6.09 Å². The standard InChI is InChI=1S/C14H13ClN2O2/c1-2-12-13-9(4-3-5-11(13)15)8-10(17-12)6-7-19-14(16)18/h2-5,8H,1,6-7H2,(H2,16,18). The molecule has 0 aliphatic rings. The molecule has 2 rings (SSSR count). The minimum absolute atomic E-state index is 0.199. The molecule has 0 aliphatic carbocycles. The van der Waals surface area contributed by atoms with Gasteiger partial charge in [0.2, 0.25) is 0 Å². The number of fused-ring (bicyclic) bond motifs is 1. The normalized spacial score (nSPS) is 10.4. The van der Waals surface area contributed by atoms with Crippen LogP contribution in [0.3, 0.4) is 0 Å². The number of primary amides is 1. The number of aromatic nitrogens is 1. The molecule has 1 amide bonds. The fourth-order valence-corrected chi connectivity index (χ4v) is 2.16. The van der Waals surface area contributed by atoms with Crippen LogP contribution in [0.25, 0.3) is 16.8 Å². The van der Waals surface area contributed by atoms with Crippen molar-refractivity contribution in [1.82, 2.24) is 4.98 Å². The van der Waals surface area contributed by atoms with Crippen LogP contribution in [-0.2, 0) is 11.2 Å². The van der Waals surface area contributed by atoms with Crippen LogP contribution >= 0.6 is 11.6 Å². The van der Waals surface area contributed by atoms with Gasteiger partial charge in [-0.05, 0) is 23.6 Å². The summed E-state index contributed by atoms with van der Waals surface area (Å²) in [6.07, 6.45) is 1.37. The SMILES string of the molecule is C=Cc1nc(CCOC(N)=O)cc2cccc(Cl)c12. The number of nitrogens with zero attached hydrogens (tertiary/aromatic N) is 1. The molecule has 2 N–H and O–H groups in total. The Morgan fingerprint density at radius 2 is 2.32 bits per heavy atom. The zero-order chi connectivity index (χ0) is 13.8. The number of amides is 1. The first-order valence-corrected chi connectivity index (χ1v) is 6.12. The summed E-state index contributed by atoms with van der Waals surface area (Å²) < 4.78 is 4.70. The van der Waals surface area contributed by atoms with Crippen molar-refractivity contribution < 1.29 is 9.53 Å². The highest BCUT2D eigenvalue weighted by Crippen LogP contribution is 2.27. The topological polar surface area (TPSA) is 65.2 Å². The summed E-state index contributed by atoms with van der Waals surface area (Å²) in [5, 5.41) is 2.49. The summed E-state index contributed by atoms with van der Waals surface area (Å²) in [5.74, 6) is 0. The highest BCUT2D eigenvalue weighted by atomic mass is 35.5. The Hall–Kier alpha value is -2.07. The average Bonchev–Trinajstić information content (AvgIpc) is 2.37. The molecule has 1 heterocycles. The summed E-state index contributed by atoms with van der Waals surface area (Å²) in [7, 11) is 0. The van der Waals surface area contributed by atoms with Gasteiger partial charge >= 0.3 is 6.09 Å². The average molecular weight is 277 g/mol. The predicted octanol–water partition coefficient (Wildman–Crippen LogP) is 3.17. The van der Waals surface area contributed by atoms with Crippen molar-refractivity contribution in [2.45, 2.75) is 6.42 Å². The third-order valence-corrected chi connectivity index (χ3v) is 3.00. The van der Waals surface area contributed by atoms with Crippen LogP contribution in [0, 0.1) is 0 Å². The highest BCUT2D eigenvalue weighted by molar-refractivity contribution is 6.36. The number of benzene rings is 1. The smallest absolute Gasteiger partial charge is 0.404 e. The Morgan fingerprint density at radius 1 is 1.53 bits per heavy atom. The van der Waals surface area contributed by atoms with Crippen molar-refractivity contribution in [2.75, 3.05) is 6.61 Å². The number of pyridine rings is 1. The zero-order valence-electron chi connectivity index (χ0n) is 10.2. The summed E-state index contributed by atoms with van der Waals surface area (Å²) in [4.78, 5) is 15.0. The fraction of sp³-hybridized carbons (Fsp3) is 0.143. The quantitative estimate of drug-likeness (QED) is 0.933. The molecule has 0 bridgehead atoms. The molecular formula is C14H13ClN2O2. The minimum atomic E-state index is -0.784. The molecule has 98 valence electrons. The first-order valence-electron chi connectivity index (χ1n) is 5.74. The number of rotatable bonds is 4. The van der Waals surface area contributed by atoms with Gasteiger partial charge in [0.05, 0.1) is 17.3 Å². The zero-order valence-corrected chi connectivity index (χ0v) is 11.0. The van der Waals surface area contributed by atoms with E-state index in [0.29, 0.717) is 11.4 Å². The number of ether oxygens (including phenoxy) is 1. The van der Waals surface area contributed by atoms with E-state index in [1.54, 1.807) is 6.08 Å². The second-order valence-electron chi connectivity index (χ2n) is 3.96. The number of halogens is 1. The van der Waals surface area contributed by atoms with Crippen LogP contribution < -0.4 is 5.73 Å². The lowest BCUT2D eigenvalue weighted by atomic mass is 10.1. The molecule has 0 fully saturated rings. The first-order chi connectivity index (χ1) is 9.11. The molecule has 0 spiro atoms. The van der Waals surface area contributed by atoms with Crippen LogP contribution in [0.4, 0.5) is 4.79 Å². The maximum Gasteiger partial charge on any atom is 0.404 e. The van der Waals surface area contributed by atoms with E-state index in [-0.39, 0.29) is 6.61 Å². The molecule has 0 saturated heterocycles. The molecule has 1 aromatic carbocycles. The number of carbonyl (C=O) groups is 1. The van der Waals surface area contributed by atoms with Gasteiger partial charge in [-0.3, -0.25) is 4.98 Å². The number of hydrogen-bond donors (Lipinski definition) is 1.